The molecule has 4 heteroatoms. The molecule has 4 nitrogen and oxygen atoms in total. The Morgan fingerprint density at radius 1 is 1.00 bits per heavy atom. The minimum Gasteiger partial charge on any atom is -0.327 e. The van der Waals surface area contributed by atoms with Gasteiger partial charge < -0.3 is 5.32 Å². The highest BCUT2D eigenvalue weighted by atomic mass is 16.7. The molecule has 0 saturated carbocycles. The Bertz CT molecular complexity index is 582. The van der Waals surface area contributed by atoms with E-state index in [0.717, 1.165) is 5.56 Å². The number of nitrogens with zero attached hydrogens (tertiary/aromatic N) is 1. The Labute approximate surface area is 125 Å². The topological polar surface area (TPSA) is 41.6 Å². The van der Waals surface area contributed by atoms with Crippen molar-refractivity contribution in [2.45, 2.75) is 19.4 Å². The molecule has 2 amide bonds. The molecule has 0 aliphatic rings. The quantitative estimate of drug-likeness (QED) is 0.870. The molecule has 0 fully saturated rings. The van der Waals surface area contributed by atoms with E-state index in [1.165, 1.54) is 12.2 Å². The summed E-state index contributed by atoms with van der Waals surface area (Å²) < 4.78 is 0. The van der Waals surface area contributed by atoms with Gasteiger partial charge in [-0.25, -0.2) is 4.79 Å². The molecule has 0 heterocycles. The molecule has 0 aromatic heterocycles. The van der Waals surface area contributed by atoms with Crippen LogP contribution in [-0.4, -0.2) is 13.1 Å². The number of benzene rings is 2. The Morgan fingerprint density at radius 2 is 1.52 bits per heavy atom. The molecule has 2 aromatic carbocycles. The summed E-state index contributed by atoms with van der Waals surface area (Å²) in [5.74, 6) is 0. The molecular formula is C17H20N2O2. The van der Waals surface area contributed by atoms with Gasteiger partial charge in [0.2, 0.25) is 0 Å². The number of nitrogens with one attached hydrogen (secondary N) is 1. The predicted molar refractivity (Wildman–Crippen MR) is 83.9 cm³/mol. The van der Waals surface area contributed by atoms with Crippen LogP contribution in [0.25, 0.3) is 0 Å². The molecule has 110 valence electrons. The van der Waals surface area contributed by atoms with Crippen LogP contribution in [0.3, 0.4) is 0 Å². The van der Waals surface area contributed by atoms with E-state index in [9.17, 15) is 4.79 Å². The highest BCUT2D eigenvalue weighted by Crippen LogP contribution is 2.21. The maximum atomic E-state index is 12.5. The number of urea groups is 1. The monoisotopic (exact) mass is 284 g/mol. The van der Waals surface area contributed by atoms with Crippen LogP contribution in [0.2, 0.25) is 0 Å². The fraction of sp³-hybridized carbons (Fsp3) is 0.235. The van der Waals surface area contributed by atoms with E-state index in [0.29, 0.717) is 5.69 Å². The Morgan fingerprint density at radius 3 is 2.05 bits per heavy atom. The van der Waals surface area contributed by atoms with E-state index < -0.39 is 5.54 Å². The van der Waals surface area contributed by atoms with Crippen LogP contribution >= 0.6 is 0 Å². The number of hydroxylamine groups is 1. The van der Waals surface area contributed by atoms with Gasteiger partial charge in [0.15, 0.2) is 0 Å². The van der Waals surface area contributed by atoms with Crippen LogP contribution in [0.15, 0.2) is 60.7 Å². The van der Waals surface area contributed by atoms with E-state index in [1.54, 1.807) is 0 Å². The molecule has 1 N–H and O–H groups in total. The first kappa shape index (κ1) is 15.1. The van der Waals surface area contributed by atoms with Gasteiger partial charge in [-0.3, -0.25) is 4.84 Å². The van der Waals surface area contributed by atoms with E-state index in [1.807, 2.05) is 74.5 Å². The van der Waals surface area contributed by atoms with E-state index in [-0.39, 0.29) is 6.03 Å². The molecule has 2 aromatic rings. The van der Waals surface area contributed by atoms with Crippen molar-refractivity contribution >= 4 is 11.7 Å². The number of rotatable bonds is 4. The summed E-state index contributed by atoms with van der Waals surface area (Å²) >= 11 is 0. The van der Waals surface area contributed by atoms with Gasteiger partial charge in [0, 0.05) is 0 Å². The smallest absolute Gasteiger partial charge is 0.327 e. The molecule has 0 radical (unpaired) electrons. The van der Waals surface area contributed by atoms with Gasteiger partial charge in [0.05, 0.1) is 18.3 Å². The normalized spacial score (nSPS) is 11.0. The second-order valence-corrected chi connectivity index (χ2v) is 5.23. The first-order valence-electron chi connectivity index (χ1n) is 6.81. The zero-order valence-corrected chi connectivity index (χ0v) is 12.5. The van der Waals surface area contributed by atoms with Crippen molar-refractivity contribution in [1.29, 1.82) is 0 Å². The number of hydrogen-bond donors (Lipinski definition) is 1. The average Bonchev–Trinajstić information content (AvgIpc) is 2.49. The highest BCUT2D eigenvalue weighted by Gasteiger charge is 2.26. The third-order valence-electron chi connectivity index (χ3n) is 3.27. The Kier molecular flexibility index (Phi) is 4.60. The lowest BCUT2D eigenvalue weighted by molar-refractivity contribution is 0.157. The molecule has 21 heavy (non-hydrogen) atoms. The van der Waals surface area contributed by atoms with Crippen LogP contribution in [-0.2, 0) is 10.4 Å². The van der Waals surface area contributed by atoms with Gasteiger partial charge in [0.1, 0.15) is 0 Å². The lowest BCUT2D eigenvalue weighted by atomic mass is 9.95. The summed E-state index contributed by atoms with van der Waals surface area (Å²) in [4.78, 5) is 17.7. The maximum absolute atomic E-state index is 12.5. The highest BCUT2D eigenvalue weighted by molar-refractivity contribution is 5.90. The van der Waals surface area contributed by atoms with E-state index in [2.05, 4.69) is 5.32 Å². The van der Waals surface area contributed by atoms with Gasteiger partial charge in [-0.15, -0.1) is 0 Å². The van der Waals surface area contributed by atoms with Gasteiger partial charge in [-0.2, -0.15) is 5.06 Å². The maximum Gasteiger partial charge on any atom is 0.346 e. The largest absolute Gasteiger partial charge is 0.346 e. The predicted octanol–water partition coefficient (Wildman–Crippen LogP) is 3.70. The number of carbonyl (C=O) groups excluding carboxylic acids is 1. The molecule has 0 aliphatic heterocycles. The molecule has 0 aliphatic carbocycles. The van der Waals surface area contributed by atoms with Crippen molar-refractivity contribution in [2.75, 3.05) is 12.2 Å². The van der Waals surface area contributed by atoms with Gasteiger partial charge in [-0.1, -0.05) is 48.5 Å². The van der Waals surface area contributed by atoms with Crippen molar-refractivity contribution in [3.8, 4) is 0 Å². The van der Waals surface area contributed by atoms with Crippen LogP contribution < -0.4 is 10.4 Å². The fourth-order valence-electron chi connectivity index (χ4n) is 2.11. The second kappa shape index (κ2) is 6.41. The summed E-state index contributed by atoms with van der Waals surface area (Å²) in [6.07, 6.45) is 0. The summed E-state index contributed by atoms with van der Waals surface area (Å²) in [5.41, 5.74) is 1.22. The molecule has 0 spiro atoms. The molecule has 2 rings (SSSR count). The first-order valence-corrected chi connectivity index (χ1v) is 6.81. The zero-order valence-electron chi connectivity index (χ0n) is 12.5. The summed E-state index contributed by atoms with van der Waals surface area (Å²) in [5, 5.41) is 4.22. The summed E-state index contributed by atoms with van der Waals surface area (Å²) in [6.45, 7) is 3.91. The molecule has 0 atom stereocenters. The second-order valence-electron chi connectivity index (χ2n) is 5.23. The van der Waals surface area contributed by atoms with Gasteiger partial charge in [0.25, 0.3) is 0 Å². The summed E-state index contributed by atoms with van der Waals surface area (Å²) in [7, 11) is 1.47. The minimum absolute atomic E-state index is 0.308. The lowest BCUT2D eigenvalue weighted by Gasteiger charge is -2.30. The van der Waals surface area contributed by atoms with Crippen LogP contribution in [0, 0.1) is 0 Å². The number of amides is 2. The number of hydrogen-bond acceptors (Lipinski definition) is 2. The first-order chi connectivity index (χ1) is 10.0. The van der Waals surface area contributed by atoms with Crippen LogP contribution in [0.5, 0.6) is 0 Å². The minimum atomic E-state index is -0.496. The third-order valence-corrected chi connectivity index (χ3v) is 3.27. The zero-order chi connectivity index (χ0) is 15.3. The van der Waals surface area contributed by atoms with Gasteiger partial charge in [-0.05, 0) is 31.5 Å². The fourth-order valence-corrected chi connectivity index (χ4v) is 2.11. The molecule has 0 saturated heterocycles. The number of anilines is 1. The van der Waals surface area contributed by atoms with Crippen molar-refractivity contribution in [3.05, 3.63) is 66.2 Å². The SMILES string of the molecule is CON(C(=O)NC(C)(C)c1ccccc1)c1ccccc1. The van der Waals surface area contributed by atoms with Gasteiger partial charge >= 0.3 is 6.03 Å². The van der Waals surface area contributed by atoms with E-state index in [4.69, 9.17) is 4.84 Å². The van der Waals surface area contributed by atoms with Crippen LogP contribution in [0.4, 0.5) is 10.5 Å². The van der Waals surface area contributed by atoms with Crippen molar-refractivity contribution < 1.29 is 9.63 Å². The third kappa shape index (κ3) is 3.61. The van der Waals surface area contributed by atoms with Crippen LogP contribution in [0.1, 0.15) is 19.4 Å². The van der Waals surface area contributed by atoms with Crippen molar-refractivity contribution in [2.24, 2.45) is 0 Å². The Hall–Kier alpha value is -2.33. The number of carbonyl (C=O) groups is 1. The average molecular weight is 284 g/mol. The number of para-hydroxylation sites is 1. The molecule has 0 bridgehead atoms. The Balaban J connectivity index is 2.16. The molecular weight excluding hydrogens is 264 g/mol. The standard InChI is InChI=1S/C17H20N2O2/c1-17(2,14-10-6-4-7-11-14)18-16(20)19(21-3)15-12-8-5-9-13-15/h4-13H,1-3H3,(H,18,20). The van der Waals surface area contributed by atoms with Crippen molar-refractivity contribution in [1.82, 2.24) is 5.32 Å². The van der Waals surface area contributed by atoms with Crippen molar-refractivity contribution in [3.63, 3.8) is 0 Å². The van der Waals surface area contributed by atoms with E-state index >= 15 is 0 Å². The molecule has 0 unspecified atom stereocenters. The summed E-state index contributed by atoms with van der Waals surface area (Å²) in [6, 6.07) is 18.8. The lowest BCUT2D eigenvalue weighted by Crippen LogP contribution is -2.48.